The normalized spacial score (nSPS) is 38.3. The molecule has 15 atom stereocenters. The number of phenolic OH excluding ortho intramolecular Hbond substituents is 2. The van der Waals surface area contributed by atoms with Gasteiger partial charge in [-0.3, -0.25) is 4.79 Å². The molecule has 0 saturated carbocycles. The minimum Gasteiger partial charge on any atom is -0.507 e. The van der Waals surface area contributed by atoms with Gasteiger partial charge in [-0.2, -0.15) is 0 Å². The molecule has 0 radical (unpaired) electrons. The number of hydrogen-bond acceptors (Lipinski definition) is 19. The lowest BCUT2D eigenvalue weighted by Gasteiger charge is -2.46. The second-order valence-electron chi connectivity index (χ2n) is 12.9. The third kappa shape index (κ3) is 6.85. The number of aliphatic hydroxyl groups excluding tert-OH is 10. The predicted molar refractivity (Wildman–Crippen MR) is 170 cm³/mol. The Morgan fingerprint density at radius 1 is 0.673 bits per heavy atom. The Bertz CT molecular complexity index is 1760. The average Bonchev–Trinajstić information content (AvgIpc) is 3.12. The van der Waals surface area contributed by atoms with Crippen molar-refractivity contribution in [1.82, 2.24) is 0 Å². The van der Waals surface area contributed by atoms with E-state index in [1.54, 1.807) is 0 Å². The molecule has 52 heavy (non-hydrogen) atoms. The number of ether oxygens (including phenoxy) is 5. The van der Waals surface area contributed by atoms with Crippen molar-refractivity contribution < 1.29 is 89.4 Å². The van der Waals surface area contributed by atoms with Crippen molar-refractivity contribution in [2.24, 2.45) is 0 Å². The van der Waals surface area contributed by atoms with Gasteiger partial charge in [0.25, 0.3) is 0 Å². The van der Waals surface area contributed by atoms with Crippen molar-refractivity contribution in [2.75, 3.05) is 13.2 Å². The van der Waals surface area contributed by atoms with E-state index in [9.17, 15) is 66.1 Å². The summed E-state index contributed by atoms with van der Waals surface area (Å²) in [4.78, 5) is 13.5. The number of hydrogen-bond donors (Lipinski definition) is 12. The quantitative estimate of drug-likeness (QED) is 0.106. The summed E-state index contributed by atoms with van der Waals surface area (Å²) in [5, 5.41) is 124. The second kappa shape index (κ2) is 15.1. The van der Waals surface area contributed by atoms with Crippen molar-refractivity contribution in [3.8, 4) is 28.6 Å². The summed E-state index contributed by atoms with van der Waals surface area (Å²) < 4.78 is 34.2. The fraction of sp³-hybridized carbons (Fsp3) is 0.545. The zero-order valence-electron chi connectivity index (χ0n) is 27.3. The van der Waals surface area contributed by atoms with Crippen LogP contribution in [-0.4, -0.2) is 160 Å². The zero-order chi connectivity index (χ0) is 37.8. The van der Waals surface area contributed by atoms with E-state index in [4.69, 9.17) is 28.1 Å². The first kappa shape index (κ1) is 38.2. The first-order valence-corrected chi connectivity index (χ1v) is 16.2. The third-order valence-electron chi connectivity index (χ3n) is 9.49. The number of aliphatic hydroxyl groups is 10. The Kier molecular flexibility index (Phi) is 11.1. The van der Waals surface area contributed by atoms with E-state index < -0.39 is 133 Å². The molecule has 3 saturated heterocycles. The maximum atomic E-state index is 13.5. The van der Waals surface area contributed by atoms with Gasteiger partial charge in [0.2, 0.25) is 6.29 Å². The molecule has 3 aromatic rings. The van der Waals surface area contributed by atoms with Crippen LogP contribution in [0.3, 0.4) is 0 Å². The molecule has 0 spiro atoms. The van der Waals surface area contributed by atoms with Crippen LogP contribution in [0, 0.1) is 0 Å². The van der Waals surface area contributed by atoms with Gasteiger partial charge >= 0.3 is 0 Å². The maximum Gasteiger partial charge on any atom is 0.229 e. The fourth-order valence-corrected chi connectivity index (χ4v) is 6.49. The summed E-state index contributed by atoms with van der Waals surface area (Å²) in [6.45, 7) is -0.128. The van der Waals surface area contributed by atoms with Gasteiger partial charge in [-0.25, -0.2) is 0 Å². The number of fused-ring (bicyclic) bond motifs is 1. The van der Waals surface area contributed by atoms with Crippen LogP contribution in [0.15, 0.2) is 45.6 Å². The minimum atomic E-state index is -1.92. The summed E-state index contributed by atoms with van der Waals surface area (Å²) in [5.41, 5.74) is -1.42. The van der Waals surface area contributed by atoms with Crippen molar-refractivity contribution in [1.29, 1.82) is 0 Å². The SMILES string of the molecule is CC1O[C@@H](OC2[C@@H](O)[C@H](O)C(CO)O[C@H]2c2c(O)cc(O)c3c(=O)cc(-c4ccc(O[C@@H]5OC(CO)[C@@H](O)C(O)C5O)cc4)oc23)C(O)[C@@H](O)[C@H]1O. The van der Waals surface area contributed by atoms with Crippen LogP contribution < -0.4 is 10.2 Å². The molecule has 19 heteroatoms. The van der Waals surface area contributed by atoms with Gasteiger partial charge < -0.3 is 89.4 Å². The lowest BCUT2D eigenvalue weighted by molar-refractivity contribution is -0.338. The van der Waals surface area contributed by atoms with Gasteiger partial charge in [0.15, 0.2) is 17.3 Å². The van der Waals surface area contributed by atoms with Gasteiger partial charge in [-0.1, -0.05) is 0 Å². The highest BCUT2D eigenvalue weighted by molar-refractivity contribution is 5.89. The molecule has 4 heterocycles. The molecular weight excluding hydrogens is 700 g/mol. The Balaban J connectivity index is 1.37. The lowest BCUT2D eigenvalue weighted by atomic mass is 9.89. The summed E-state index contributed by atoms with van der Waals surface area (Å²) in [6, 6.07) is 7.42. The van der Waals surface area contributed by atoms with Crippen LogP contribution in [0.25, 0.3) is 22.3 Å². The molecule has 2 aromatic carbocycles. The number of benzene rings is 2. The summed E-state index contributed by atoms with van der Waals surface area (Å²) in [7, 11) is 0. The van der Waals surface area contributed by atoms with Gasteiger partial charge in [0.1, 0.15) is 102 Å². The Morgan fingerprint density at radius 2 is 1.27 bits per heavy atom. The van der Waals surface area contributed by atoms with Crippen LogP contribution in [0.2, 0.25) is 0 Å². The van der Waals surface area contributed by atoms with E-state index in [-0.39, 0.29) is 22.6 Å². The van der Waals surface area contributed by atoms with Gasteiger partial charge in [-0.05, 0) is 31.2 Å². The topological polar surface area (TPSA) is 319 Å². The van der Waals surface area contributed by atoms with Gasteiger partial charge in [0.05, 0.1) is 24.9 Å². The molecule has 0 amide bonds. The minimum absolute atomic E-state index is 0.0875. The molecule has 3 aliphatic rings. The van der Waals surface area contributed by atoms with Crippen LogP contribution in [0.4, 0.5) is 0 Å². The third-order valence-corrected chi connectivity index (χ3v) is 9.49. The van der Waals surface area contributed by atoms with E-state index in [2.05, 4.69) is 0 Å². The summed E-state index contributed by atoms with van der Waals surface area (Å²) in [5.74, 6) is -1.48. The van der Waals surface area contributed by atoms with Crippen LogP contribution in [-0.2, 0) is 18.9 Å². The first-order chi connectivity index (χ1) is 24.7. The highest BCUT2D eigenvalue weighted by Crippen LogP contribution is 2.45. The number of phenols is 2. The van der Waals surface area contributed by atoms with Crippen molar-refractivity contribution in [3.05, 3.63) is 52.2 Å². The maximum absolute atomic E-state index is 13.5. The molecule has 0 bridgehead atoms. The number of aromatic hydroxyl groups is 2. The van der Waals surface area contributed by atoms with Gasteiger partial charge in [-0.15, -0.1) is 0 Å². The average molecular weight is 741 g/mol. The highest BCUT2D eigenvalue weighted by atomic mass is 16.7. The Morgan fingerprint density at radius 3 is 1.92 bits per heavy atom. The van der Waals surface area contributed by atoms with Gasteiger partial charge in [0, 0.05) is 17.7 Å². The van der Waals surface area contributed by atoms with E-state index in [0.717, 1.165) is 12.1 Å². The van der Waals surface area contributed by atoms with Crippen molar-refractivity contribution in [3.63, 3.8) is 0 Å². The summed E-state index contributed by atoms with van der Waals surface area (Å²) >= 11 is 0. The standard InChI is InChI=1S/C33H40O19/c1-10-21(39)24(42)27(45)32(47-10)52-31-26(44)23(41)17(8-34)50-30(31)20-14(37)6-13(36)19-15(38)7-16(49-29(19)20)11-2-4-12(5-3-11)48-33-28(46)25(43)22(40)18(9-35)51-33/h2-7,10,17-18,21-28,30-37,39-46H,8-9H2,1H3/t10?,17?,18?,21-,22+,23+,24-,25?,26-,27?,28?,30-,31?,32-,33+/m0/s1. The highest BCUT2D eigenvalue weighted by Gasteiger charge is 2.51. The molecule has 19 nitrogen and oxygen atoms in total. The van der Waals surface area contributed by atoms with Crippen LogP contribution in [0.5, 0.6) is 17.2 Å². The molecule has 3 fully saturated rings. The largest absolute Gasteiger partial charge is 0.507 e. The van der Waals surface area contributed by atoms with Crippen molar-refractivity contribution >= 4 is 11.0 Å². The van der Waals surface area contributed by atoms with E-state index in [1.807, 2.05) is 0 Å². The first-order valence-electron chi connectivity index (χ1n) is 16.2. The zero-order valence-corrected chi connectivity index (χ0v) is 27.3. The second-order valence-corrected chi connectivity index (χ2v) is 12.9. The van der Waals surface area contributed by atoms with E-state index in [0.29, 0.717) is 0 Å². The lowest BCUT2D eigenvalue weighted by Crippen LogP contribution is -2.61. The fourth-order valence-electron chi connectivity index (χ4n) is 6.49. The summed E-state index contributed by atoms with van der Waals surface area (Å²) in [6.07, 6.45) is -24.2. The smallest absolute Gasteiger partial charge is 0.229 e. The van der Waals surface area contributed by atoms with Crippen molar-refractivity contribution in [2.45, 2.75) is 98.9 Å². The molecule has 286 valence electrons. The van der Waals surface area contributed by atoms with E-state index >= 15 is 0 Å². The number of rotatable bonds is 8. The molecule has 7 unspecified atom stereocenters. The molecule has 12 N–H and O–H groups in total. The Labute approximate surface area is 293 Å². The van der Waals surface area contributed by atoms with Crippen LogP contribution in [0.1, 0.15) is 18.6 Å². The van der Waals surface area contributed by atoms with Crippen LogP contribution >= 0.6 is 0 Å². The Hall–Kier alpha value is -3.51. The monoisotopic (exact) mass is 740 g/mol. The predicted octanol–water partition coefficient (Wildman–Crippen LogP) is -3.58. The molecular formula is C33H40O19. The molecule has 3 aliphatic heterocycles. The molecule has 6 rings (SSSR count). The molecule has 0 aliphatic carbocycles. The molecule has 1 aromatic heterocycles. The van der Waals surface area contributed by atoms with E-state index in [1.165, 1.54) is 31.2 Å².